The Morgan fingerprint density at radius 3 is 2.41 bits per heavy atom. The largest absolute Gasteiger partial charge is 0.456 e. The van der Waals surface area contributed by atoms with Crippen molar-refractivity contribution in [3.63, 3.8) is 0 Å². The van der Waals surface area contributed by atoms with Crippen LogP contribution in [0, 0.1) is 23.7 Å². The normalized spacial score (nSPS) is 27.4. The fraction of sp³-hybridized carbons (Fsp3) is 0.261. The van der Waals surface area contributed by atoms with Crippen LogP contribution in [0.5, 0.6) is 0 Å². The molecule has 3 aromatic rings. The van der Waals surface area contributed by atoms with Crippen LogP contribution in [0.1, 0.15) is 6.42 Å². The molecule has 0 spiro atoms. The van der Waals surface area contributed by atoms with Crippen molar-refractivity contribution < 1.29 is 18.8 Å². The molecule has 2 heterocycles. The molecule has 6 rings (SSSR count). The van der Waals surface area contributed by atoms with Gasteiger partial charge < -0.3 is 9.73 Å². The first kappa shape index (κ1) is 16.5. The first-order chi connectivity index (χ1) is 14.1. The highest BCUT2D eigenvalue weighted by Crippen LogP contribution is 2.52. The summed E-state index contributed by atoms with van der Waals surface area (Å²) in [5.41, 5.74) is 2.03. The summed E-state index contributed by atoms with van der Waals surface area (Å²) >= 11 is 0. The van der Waals surface area contributed by atoms with E-state index in [9.17, 15) is 14.4 Å². The van der Waals surface area contributed by atoms with Gasteiger partial charge in [0.25, 0.3) is 0 Å². The summed E-state index contributed by atoms with van der Waals surface area (Å²) in [6.07, 6.45) is 4.97. The minimum atomic E-state index is -0.387. The Bertz CT molecular complexity index is 1210. The number of carbonyl (C=O) groups is 3. The molecule has 3 amide bonds. The number of nitrogens with one attached hydrogen (secondary N) is 1. The number of hydrogen-bond acceptors (Lipinski definition) is 4. The lowest BCUT2D eigenvalue weighted by atomic mass is 9.85. The molecule has 6 heteroatoms. The topological polar surface area (TPSA) is 79.6 Å². The molecule has 3 aliphatic rings. The standard InChI is InChI=1S/C23H18N2O4/c26-19(11-25-22(27)20-12-5-6-13(9-12)21(20)23(25)28)24-14-7-8-16-15-3-1-2-4-17(15)29-18(16)10-14/h1-8,10,12-13,20-21H,9,11H2,(H,24,26)/t12-,13-,20-,21+/m0/s1. The first-order valence-electron chi connectivity index (χ1n) is 9.85. The van der Waals surface area contributed by atoms with Crippen LogP contribution in [0.4, 0.5) is 5.69 Å². The summed E-state index contributed by atoms with van der Waals surface area (Å²) in [6.45, 7) is -0.248. The van der Waals surface area contributed by atoms with Crippen molar-refractivity contribution in [2.45, 2.75) is 6.42 Å². The van der Waals surface area contributed by atoms with Crippen LogP contribution in [0.25, 0.3) is 21.9 Å². The van der Waals surface area contributed by atoms with Gasteiger partial charge in [-0.15, -0.1) is 0 Å². The van der Waals surface area contributed by atoms with Gasteiger partial charge in [0, 0.05) is 22.5 Å². The zero-order valence-corrected chi connectivity index (χ0v) is 15.5. The van der Waals surface area contributed by atoms with Crippen molar-refractivity contribution in [1.82, 2.24) is 4.90 Å². The lowest BCUT2D eigenvalue weighted by Crippen LogP contribution is -2.39. The van der Waals surface area contributed by atoms with E-state index in [4.69, 9.17) is 4.42 Å². The van der Waals surface area contributed by atoms with Gasteiger partial charge in [-0.25, -0.2) is 0 Å². The highest BCUT2D eigenvalue weighted by molar-refractivity contribution is 6.10. The Hall–Kier alpha value is -3.41. The Morgan fingerprint density at radius 2 is 1.66 bits per heavy atom. The molecule has 0 radical (unpaired) electrons. The Morgan fingerprint density at radius 1 is 0.966 bits per heavy atom. The summed E-state index contributed by atoms with van der Waals surface area (Å²) < 4.78 is 5.85. The van der Waals surface area contributed by atoms with Gasteiger partial charge in [0.05, 0.1) is 11.8 Å². The first-order valence-corrected chi connectivity index (χ1v) is 9.85. The van der Waals surface area contributed by atoms with E-state index in [0.29, 0.717) is 11.3 Å². The lowest BCUT2D eigenvalue weighted by molar-refractivity contribution is -0.143. The van der Waals surface area contributed by atoms with Gasteiger partial charge in [0.15, 0.2) is 0 Å². The van der Waals surface area contributed by atoms with E-state index >= 15 is 0 Å². The van der Waals surface area contributed by atoms with Crippen molar-refractivity contribution >= 4 is 45.3 Å². The molecular weight excluding hydrogens is 368 g/mol. The minimum absolute atomic E-state index is 0.144. The highest BCUT2D eigenvalue weighted by atomic mass is 16.3. The molecule has 1 saturated heterocycles. The van der Waals surface area contributed by atoms with E-state index in [1.807, 2.05) is 42.5 Å². The van der Waals surface area contributed by atoms with Crippen molar-refractivity contribution in [1.29, 1.82) is 0 Å². The number of benzene rings is 2. The predicted molar refractivity (Wildman–Crippen MR) is 107 cm³/mol. The van der Waals surface area contributed by atoms with Crippen LogP contribution in [0.3, 0.4) is 0 Å². The van der Waals surface area contributed by atoms with E-state index in [1.54, 1.807) is 12.1 Å². The summed E-state index contributed by atoms with van der Waals surface area (Å²) in [6, 6.07) is 13.2. The van der Waals surface area contributed by atoms with E-state index in [0.717, 1.165) is 27.7 Å². The second-order valence-corrected chi connectivity index (χ2v) is 8.12. The summed E-state index contributed by atoms with van der Waals surface area (Å²) in [5, 5.41) is 4.78. The smallest absolute Gasteiger partial charge is 0.244 e. The summed E-state index contributed by atoms with van der Waals surface area (Å²) in [5.74, 6) is -1.08. The summed E-state index contributed by atoms with van der Waals surface area (Å²) in [7, 11) is 0. The number of carbonyl (C=O) groups excluding carboxylic acids is 3. The van der Waals surface area contributed by atoms with Crippen LogP contribution in [0.15, 0.2) is 59.0 Å². The third-order valence-corrected chi connectivity index (χ3v) is 6.53. The number of nitrogens with zero attached hydrogens (tertiary/aromatic N) is 1. The molecule has 2 aromatic carbocycles. The van der Waals surface area contributed by atoms with Crippen molar-refractivity contribution in [3.05, 3.63) is 54.6 Å². The van der Waals surface area contributed by atoms with E-state index in [1.165, 1.54) is 0 Å². The van der Waals surface area contributed by atoms with Crippen molar-refractivity contribution in [3.8, 4) is 0 Å². The second-order valence-electron chi connectivity index (χ2n) is 8.12. The van der Waals surface area contributed by atoms with Gasteiger partial charge in [-0.3, -0.25) is 19.3 Å². The molecule has 1 aromatic heterocycles. The summed E-state index contributed by atoms with van der Waals surface area (Å²) in [4.78, 5) is 39.1. The molecule has 29 heavy (non-hydrogen) atoms. The SMILES string of the molecule is O=C(CN1C(=O)[C@@H]2[C@H](C1=O)[C@H]1C=C[C@H]2C1)Nc1ccc2c(c1)oc1ccccc12. The van der Waals surface area contributed by atoms with Crippen LogP contribution >= 0.6 is 0 Å². The van der Waals surface area contributed by atoms with Gasteiger partial charge in [-0.05, 0) is 36.5 Å². The van der Waals surface area contributed by atoms with Crippen molar-refractivity contribution in [2.75, 3.05) is 11.9 Å². The molecule has 1 aliphatic heterocycles. The molecule has 6 nitrogen and oxygen atoms in total. The van der Waals surface area contributed by atoms with Gasteiger partial charge in [-0.1, -0.05) is 30.4 Å². The average Bonchev–Trinajstić information content (AvgIpc) is 3.46. The number of para-hydroxylation sites is 1. The molecule has 144 valence electrons. The molecule has 2 aliphatic carbocycles. The monoisotopic (exact) mass is 386 g/mol. The van der Waals surface area contributed by atoms with E-state index in [-0.39, 0.29) is 47.9 Å². The zero-order chi connectivity index (χ0) is 19.7. The maximum atomic E-state index is 12.7. The maximum absolute atomic E-state index is 12.7. The number of likely N-dealkylation sites (tertiary alicyclic amines) is 1. The third kappa shape index (κ3) is 2.32. The predicted octanol–water partition coefficient (Wildman–Crippen LogP) is 3.33. The molecule has 1 N–H and O–H groups in total. The second kappa shape index (κ2) is 5.80. The number of allylic oxidation sites excluding steroid dienone is 2. The highest BCUT2D eigenvalue weighted by Gasteiger charge is 2.59. The molecule has 2 fully saturated rings. The average molecular weight is 386 g/mol. The number of hydrogen-bond donors (Lipinski definition) is 1. The number of imide groups is 1. The minimum Gasteiger partial charge on any atom is -0.456 e. The van der Waals surface area contributed by atoms with E-state index in [2.05, 4.69) is 5.32 Å². The fourth-order valence-electron chi connectivity index (χ4n) is 5.27. The number of amides is 3. The third-order valence-electron chi connectivity index (χ3n) is 6.53. The molecular formula is C23H18N2O4. The molecule has 2 bridgehead atoms. The van der Waals surface area contributed by atoms with Crippen molar-refractivity contribution in [2.24, 2.45) is 23.7 Å². The number of fused-ring (bicyclic) bond motifs is 8. The van der Waals surface area contributed by atoms with Crippen LogP contribution < -0.4 is 5.32 Å². The van der Waals surface area contributed by atoms with Crippen LogP contribution in [0.2, 0.25) is 0 Å². The van der Waals surface area contributed by atoms with Gasteiger partial charge in [0.2, 0.25) is 17.7 Å². The van der Waals surface area contributed by atoms with E-state index < -0.39 is 0 Å². The molecule has 1 saturated carbocycles. The lowest BCUT2D eigenvalue weighted by Gasteiger charge is -2.16. The van der Waals surface area contributed by atoms with Gasteiger partial charge >= 0.3 is 0 Å². The number of rotatable bonds is 3. The Balaban J connectivity index is 1.21. The zero-order valence-electron chi connectivity index (χ0n) is 15.5. The number of furan rings is 1. The maximum Gasteiger partial charge on any atom is 0.244 e. The molecule has 4 atom stereocenters. The Labute approximate surface area is 166 Å². The van der Waals surface area contributed by atoms with Crippen LogP contribution in [-0.2, 0) is 14.4 Å². The Kier molecular flexibility index (Phi) is 3.30. The van der Waals surface area contributed by atoms with Crippen LogP contribution in [-0.4, -0.2) is 29.2 Å². The quantitative estimate of drug-likeness (QED) is 0.553. The number of anilines is 1. The fourth-order valence-corrected chi connectivity index (χ4v) is 5.27. The van der Waals surface area contributed by atoms with Gasteiger partial charge in [0.1, 0.15) is 17.7 Å². The van der Waals surface area contributed by atoms with Gasteiger partial charge in [-0.2, -0.15) is 0 Å². The molecule has 0 unspecified atom stereocenters.